The number of likely N-dealkylation sites (N-methyl/N-ethyl adjacent to an activating group) is 2. The van der Waals surface area contributed by atoms with Crippen LogP contribution in [0.5, 0.6) is 0 Å². The fraction of sp³-hybridized carbons (Fsp3) is 0.778. The van der Waals surface area contributed by atoms with Gasteiger partial charge in [0.1, 0.15) is 19.5 Å². The highest BCUT2D eigenvalue weighted by Crippen LogP contribution is 2.04. The van der Waals surface area contributed by atoms with E-state index in [1.165, 1.54) is 7.11 Å². The molecule has 0 spiro atoms. The molecule has 0 bridgehead atoms. The summed E-state index contributed by atoms with van der Waals surface area (Å²) in [6, 6.07) is 0. The van der Waals surface area contributed by atoms with Crippen molar-refractivity contribution in [2.45, 2.75) is 13.3 Å². The van der Waals surface area contributed by atoms with Crippen LogP contribution in [0.1, 0.15) is 13.3 Å². The van der Waals surface area contributed by atoms with Crippen molar-refractivity contribution in [1.82, 2.24) is 4.90 Å². The normalized spacial score (nSPS) is 16.7. The average molecular weight is 185 g/mol. The van der Waals surface area contributed by atoms with E-state index in [9.17, 15) is 4.79 Å². The van der Waals surface area contributed by atoms with E-state index in [-0.39, 0.29) is 5.97 Å². The summed E-state index contributed by atoms with van der Waals surface area (Å²) in [6.07, 6.45) is 0.390. The molecule has 0 radical (unpaired) electrons. The van der Waals surface area contributed by atoms with Gasteiger partial charge in [0, 0.05) is 0 Å². The number of hydrogen-bond donors (Lipinski definition) is 0. The van der Waals surface area contributed by atoms with Crippen LogP contribution in [0, 0.1) is 0 Å². The molecule has 1 aliphatic rings. The molecule has 1 rings (SSSR count). The zero-order valence-electron chi connectivity index (χ0n) is 8.54. The van der Waals surface area contributed by atoms with E-state index in [4.69, 9.17) is 0 Å². The van der Waals surface area contributed by atoms with Gasteiger partial charge in [-0.15, -0.1) is 0 Å². The van der Waals surface area contributed by atoms with Crippen molar-refractivity contribution in [1.29, 1.82) is 0 Å². The molecule has 74 valence electrons. The SMILES string of the molecule is CCN1CC[N+](C)=C1CC(=O)OC. The summed E-state index contributed by atoms with van der Waals surface area (Å²) in [6.45, 7) is 5.06. The molecule has 0 amide bonds. The average Bonchev–Trinajstić information content (AvgIpc) is 2.48. The summed E-state index contributed by atoms with van der Waals surface area (Å²) in [7, 11) is 3.43. The molecule has 1 aliphatic heterocycles. The summed E-state index contributed by atoms with van der Waals surface area (Å²) in [5.74, 6) is 0.913. The van der Waals surface area contributed by atoms with Gasteiger partial charge in [-0.25, -0.2) is 0 Å². The van der Waals surface area contributed by atoms with Gasteiger partial charge in [-0.1, -0.05) is 0 Å². The van der Waals surface area contributed by atoms with Crippen molar-refractivity contribution in [2.24, 2.45) is 0 Å². The van der Waals surface area contributed by atoms with Crippen molar-refractivity contribution < 1.29 is 14.1 Å². The third kappa shape index (κ3) is 2.20. The number of nitrogens with zero attached hydrogens (tertiary/aromatic N) is 2. The van der Waals surface area contributed by atoms with Gasteiger partial charge in [0.15, 0.2) is 0 Å². The predicted molar refractivity (Wildman–Crippen MR) is 49.9 cm³/mol. The van der Waals surface area contributed by atoms with Gasteiger partial charge in [0.25, 0.3) is 5.84 Å². The second-order valence-corrected chi connectivity index (χ2v) is 3.17. The van der Waals surface area contributed by atoms with Gasteiger partial charge in [-0.05, 0) is 6.92 Å². The minimum atomic E-state index is -0.165. The Bertz CT molecular complexity index is 236. The highest BCUT2D eigenvalue weighted by molar-refractivity contribution is 5.95. The first kappa shape index (κ1) is 10.0. The molecule has 0 aliphatic carbocycles. The molecule has 4 heteroatoms. The Morgan fingerprint density at radius 2 is 2.38 bits per heavy atom. The third-order valence-electron chi connectivity index (χ3n) is 2.42. The molecule has 0 aromatic rings. The van der Waals surface area contributed by atoms with Crippen LogP contribution in [-0.4, -0.2) is 55.1 Å². The van der Waals surface area contributed by atoms with Crippen molar-refractivity contribution in [2.75, 3.05) is 33.8 Å². The lowest BCUT2D eigenvalue weighted by atomic mass is 10.3. The Morgan fingerprint density at radius 1 is 1.69 bits per heavy atom. The Hall–Kier alpha value is -1.06. The zero-order valence-corrected chi connectivity index (χ0v) is 8.54. The van der Waals surface area contributed by atoms with Crippen molar-refractivity contribution in [3.8, 4) is 0 Å². The molecule has 4 nitrogen and oxygen atoms in total. The van der Waals surface area contributed by atoms with Crippen LogP contribution in [0.15, 0.2) is 0 Å². The standard InChI is InChI=1S/C9H17N2O2/c1-4-11-6-5-10(2)8(11)7-9(12)13-3/h4-7H2,1-3H3/q+1. The molecule has 0 aromatic carbocycles. The van der Waals surface area contributed by atoms with E-state index >= 15 is 0 Å². The quantitative estimate of drug-likeness (QED) is 0.455. The third-order valence-corrected chi connectivity index (χ3v) is 2.42. The lowest BCUT2D eigenvalue weighted by Gasteiger charge is -2.09. The van der Waals surface area contributed by atoms with E-state index in [1.807, 2.05) is 7.05 Å². The molecule has 0 saturated heterocycles. The Morgan fingerprint density at radius 3 is 2.92 bits per heavy atom. The van der Waals surface area contributed by atoms with Crippen LogP contribution in [0.25, 0.3) is 0 Å². The fourth-order valence-electron chi connectivity index (χ4n) is 1.56. The smallest absolute Gasteiger partial charge is 0.317 e. The summed E-state index contributed by atoms with van der Waals surface area (Å²) in [5, 5.41) is 0. The van der Waals surface area contributed by atoms with Gasteiger partial charge in [0.05, 0.1) is 20.7 Å². The summed E-state index contributed by atoms with van der Waals surface area (Å²) < 4.78 is 6.75. The van der Waals surface area contributed by atoms with E-state index in [1.54, 1.807) is 0 Å². The van der Waals surface area contributed by atoms with Crippen molar-refractivity contribution in [3.05, 3.63) is 0 Å². The Labute approximate surface area is 78.8 Å². The fourth-order valence-corrected chi connectivity index (χ4v) is 1.56. The molecule has 0 aromatic heterocycles. The number of esters is 1. The minimum Gasteiger partial charge on any atom is -0.469 e. The Balaban J connectivity index is 2.64. The number of amidine groups is 1. The highest BCUT2D eigenvalue weighted by atomic mass is 16.5. The molecule has 0 N–H and O–H groups in total. The summed E-state index contributed by atoms with van der Waals surface area (Å²) in [5.41, 5.74) is 0. The van der Waals surface area contributed by atoms with Gasteiger partial charge >= 0.3 is 5.97 Å². The first-order valence-electron chi connectivity index (χ1n) is 4.57. The number of ether oxygens (including phenoxy) is 1. The monoisotopic (exact) mass is 185 g/mol. The maximum atomic E-state index is 11.1. The van der Waals surface area contributed by atoms with Crippen LogP contribution in [0.3, 0.4) is 0 Å². The molecule has 0 fully saturated rings. The van der Waals surface area contributed by atoms with E-state index < -0.39 is 0 Å². The number of methoxy groups -OCH3 is 1. The lowest BCUT2D eigenvalue weighted by molar-refractivity contribution is -0.487. The molecule has 13 heavy (non-hydrogen) atoms. The minimum absolute atomic E-state index is 0.165. The van der Waals surface area contributed by atoms with E-state index in [0.717, 1.165) is 25.5 Å². The van der Waals surface area contributed by atoms with Gasteiger partial charge in [-0.3, -0.25) is 14.3 Å². The van der Waals surface area contributed by atoms with Crippen LogP contribution in [0.4, 0.5) is 0 Å². The van der Waals surface area contributed by atoms with Gasteiger partial charge in [-0.2, -0.15) is 0 Å². The first-order chi connectivity index (χ1) is 6.19. The maximum absolute atomic E-state index is 11.1. The second-order valence-electron chi connectivity index (χ2n) is 3.17. The van der Waals surface area contributed by atoms with Gasteiger partial charge < -0.3 is 4.74 Å². The predicted octanol–water partition coefficient (Wildman–Crippen LogP) is -0.0742. The van der Waals surface area contributed by atoms with Crippen molar-refractivity contribution >= 4 is 11.8 Å². The van der Waals surface area contributed by atoms with Crippen LogP contribution >= 0.6 is 0 Å². The molecule has 0 unspecified atom stereocenters. The molecule has 1 heterocycles. The highest BCUT2D eigenvalue weighted by Gasteiger charge is 2.28. The van der Waals surface area contributed by atoms with Crippen LogP contribution < -0.4 is 0 Å². The zero-order chi connectivity index (χ0) is 9.84. The molecule has 0 saturated carbocycles. The largest absolute Gasteiger partial charge is 0.469 e. The number of carbonyl (C=O) groups excluding carboxylic acids is 1. The lowest BCUT2D eigenvalue weighted by Crippen LogP contribution is -2.31. The van der Waals surface area contributed by atoms with Crippen LogP contribution in [0.2, 0.25) is 0 Å². The molecule has 0 atom stereocenters. The van der Waals surface area contributed by atoms with E-state index in [2.05, 4.69) is 21.1 Å². The molecular formula is C9H17N2O2+. The number of carbonyl (C=O) groups is 1. The Kier molecular flexibility index (Phi) is 3.28. The number of rotatable bonds is 3. The topological polar surface area (TPSA) is 32.5 Å². The van der Waals surface area contributed by atoms with Gasteiger partial charge in [0.2, 0.25) is 0 Å². The van der Waals surface area contributed by atoms with Crippen molar-refractivity contribution in [3.63, 3.8) is 0 Å². The van der Waals surface area contributed by atoms with E-state index in [0.29, 0.717) is 6.42 Å². The number of hydrogen-bond acceptors (Lipinski definition) is 3. The van der Waals surface area contributed by atoms with Crippen LogP contribution in [-0.2, 0) is 9.53 Å². The summed E-state index contributed by atoms with van der Waals surface area (Å²) in [4.78, 5) is 13.3. The first-order valence-corrected chi connectivity index (χ1v) is 4.57. The maximum Gasteiger partial charge on any atom is 0.317 e. The summed E-state index contributed by atoms with van der Waals surface area (Å²) >= 11 is 0. The second kappa shape index (κ2) is 4.25. The molecular weight excluding hydrogens is 168 g/mol.